The average molecular weight is 300 g/mol. The molecule has 2 unspecified atom stereocenters. The second-order valence-corrected chi connectivity index (χ2v) is 6.80. The molecule has 19 heavy (non-hydrogen) atoms. The van der Waals surface area contributed by atoms with Crippen LogP contribution in [0.25, 0.3) is 0 Å². The predicted octanol–water partition coefficient (Wildman–Crippen LogP) is 0.949. The Labute approximate surface area is 117 Å². The fourth-order valence-corrected chi connectivity index (χ4v) is 3.60. The van der Waals surface area contributed by atoms with E-state index in [4.69, 9.17) is 10.4 Å². The highest BCUT2D eigenvalue weighted by Gasteiger charge is 2.22. The molecule has 0 aliphatic carbocycles. The van der Waals surface area contributed by atoms with E-state index in [9.17, 15) is 8.42 Å². The SMILES string of the molecule is CSC(CO)C(C)NS(=O)(=O)c1cccc(C#N)c1. The van der Waals surface area contributed by atoms with Gasteiger partial charge in [-0.15, -0.1) is 0 Å². The van der Waals surface area contributed by atoms with Crippen molar-refractivity contribution in [1.29, 1.82) is 5.26 Å². The van der Waals surface area contributed by atoms with E-state index in [1.807, 2.05) is 12.3 Å². The highest BCUT2D eigenvalue weighted by Crippen LogP contribution is 2.15. The fraction of sp³-hybridized carbons (Fsp3) is 0.417. The zero-order valence-electron chi connectivity index (χ0n) is 10.7. The van der Waals surface area contributed by atoms with Crippen LogP contribution >= 0.6 is 11.8 Å². The van der Waals surface area contributed by atoms with Crippen molar-refractivity contribution in [1.82, 2.24) is 4.72 Å². The first-order valence-electron chi connectivity index (χ1n) is 5.60. The molecular weight excluding hydrogens is 284 g/mol. The average Bonchev–Trinajstić information content (AvgIpc) is 2.39. The van der Waals surface area contributed by atoms with Crippen LogP contribution in [-0.2, 0) is 10.0 Å². The zero-order chi connectivity index (χ0) is 14.5. The van der Waals surface area contributed by atoms with E-state index in [2.05, 4.69) is 4.72 Å². The summed E-state index contributed by atoms with van der Waals surface area (Å²) in [5, 5.41) is 17.7. The number of hydrogen-bond donors (Lipinski definition) is 2. The molecular formula is C12H16N2O3S2. The van der Waals surface area contributed by atoms with Gasteiger partial charge in [0.15, 0.2) is 0 Å². The number of nitrogens with zero attached hydrogens (tertiary/aromatic N) is 1. The number of thioether (sulfide) groups is 1. The Morgan fingerprint density at radius 3 is 2.74 bits per heavy atom. The Balaban J connectivity index is 2.95. The summed E-state index contributed by atoms with van der Waals surface area (Å²) >= 11 is 1.39. The molecule has 2 atom stereocenters. The molecule has 0 saturated heterocycles. The lowest BCUT2D eigenvalue weighted by atomic mass is 10.2. The van der Waals surface area contributed by atoms with Crippen LogP contribution in [0.2, 0.25) is 0 Å². The number of sulfonamides is 1. The van der Waals surface area contributed by atoms with Crippen molar-refractivity contribution in [2.75, 3.05) is 12.9 Å². The van der Waals surface area contributed by atoms with Gasteiger partial charge in [-0.3, -0.25) is 0 Å². The van der Waals surface area contributed by atoms with Crippen molar-refractivity contribution in [2.45, 2.75) is 23.1 Å². The molecule has 0 aliphatic rings. The lowest BCUT2D eigenvalue weighted by Crippen LogP contribution is -2.41. The second kappa shape index (κ2) is 6.91. The Bertz CT molecular complexity index is 563. The number of aliphatic hydroxyl groups is 1. The molecule has 0 bridgehead atoms. The maximum absolute atomic E-state index is 12.1. The van der Waals surface area contributed by atoms with Gasteiger partial charge in [0.2, 0.25) is 10.0 Å². The molecule has 0 spiro atoms. The monoisotopic (exact) mass is 300 g/mol. The lowest BCUT2D eigenvalue weighted by molar-refractivity contribution is 0.282. The van der Waals surface area contributed by atoms with E-state index in [-0.39, 0.29) is 16.8 Å². The van der Waals surface area contributed by atoms with E-state index in [1.54, 1.807) is 13.0 Å². The molecule has 0 amide bonds. The number of rotatable bonds is 6. The lowest BCUT2D eigenvalue weighted by Gasteiger charge is -2.21. The molecule has 0 aromatic heterocycles. The maximum atomic E-state index is 12.1. The molecule has 0 aliphatic heterocycles. The summed E-state index contributed by atoms with van der Waals surface area (Å²) in [6.07, 6.45) is 1.81. The van der Waals surface area contributed by atoms with Gasteiger partial charge in [0.1, 0.15) is 0 Å². The Morgan fingerprint density at radius 1 is 1.53 bits per heavy atom. The van der Waals surface area contributed by atoms with Crippen LogP contribution in [0.1, 0.15) is 12.5 Å². The molecule has 1 rings (SSSR count). The minimum atomic E-state index is -3.68. The van der Waals surface area contributed by atoms with E-state index < -0.39 is 16.1 Å². The minimum absolute atomic E-state index is 0.0520. The van der Waals surface area contributed by atoms with Crippen LogP contribution in [0.15, 0.2) is 29.2 Å². The van der Waals surface area contributed by atoms with Gasteiger partial charge < -0.3 is 5.11 Å². The van der Waals surface area contributed by atoms with Gasteiger partial charge in [-0.1, -0.05) is 6.07 Å². The van der Waals surface area contributed by atoms with E-state index in [1.165, 1.54) is 30.0 Å². The summed E-state index contributed by atoms with van der Waals surface area (Å²) in [4.78, 5) is 0.0520. The van der Waals surface area contributed by atoms with Crippen molar-refractivity contribution < 1.29 is 13.5 Å². The van der Waals surface area contributed by atoms with E-state index in [0.717, 1.165) is 0 Å². The molecule has 104 valence electrons. The molecule has 0 saturated carbocycles. The topological polar surface area (TPSA) is 90.2 Å². The van der Waals surface area contributed by atoms with Crippen molar-refractivity contribution in [2.24, 2.45) is 0 Å². The normalized spacial score (nSPS) is 14.6. The third-order valence-electron chi connectivity index (χ3n) is 2.65. The van der Waals surface area contributed by atoms with Crippen molar-refractivity contribution >= 4 is 21.8 Å². The number of nitrogens with one attached hydrogen (secondary N) is 1. The quantitative estimate of drug-likeness (QED) is 0.816. The molecule has 0 fully saturated rings. The van der Waals surface area contributed by atoms with Crippen LogP contribution < -0.4 is 4.72 Å². The first-order chi connectivity index (χ1) is 8.94. The molecule has 1 aromatic rings. The smallest absolute Gasteiger partial charge is 0.240 e. The molecule has 2 N–H and O–H groups in total. The summed E-state index contributed by atoms with van der Waals surface area (Å²) in [7, 11) is -3.68. The Morgan fingerprint density at radius 2 is 2.21 bits per heavy atom. The number of benzene rings is 1. The summed E-state index contributed by atoms with van der Waals surface area (Å²) in [6, 6.07) is 7.32. The van der Waals surface area contributed by atoms with Gasteiger partial charge in [0.05, 0.1) is 23.1 Å². The predicted molar refractivity (Wildman–Crippen MR) is 75.3 cm³/mol. The standard InChI is InChI=1S/C12H16N2O3S2/c1-9(12(8-15)18-2)14-19(16,17)11-5-3-4-10(6-11)7-13/h3-6,9,12,14-15H,8H2,1-2H3. The van der Waals surface area contributed by atoms with Gasteiger partial charge >= 0.3 is 0 Å². The van der Waals surface area contributed by atoms with Gasteiger partial charge in [-0.25, -0.2) is 13.1 Å². The van der Waals surface area contributed by atoms with Gasteiger partial charge in [-0.05, 0) is 31.4 Å². The van der Waals surface area contributed by atoms with Crippen LogP contribution in [0, 0.1) is 11.3 Å². The Hall–Kier alpha value is -1.07. The van der Waals surface area contributed by atoms with E-state index >= 15 is 0 Å². The van der Waals surface area contributed by atoms with Crippen molar-refractivity contribution in [3.63, 3.8) is 0 Å². The van der Waals surface area contributed by atoms with Crippen LogP contribution in [0.4, 0.5) is 0 Å². The number of aliphatic hydroxyl groups excluding tert-OH is 1. The van der Waals surface area contributed by atoms with Gasteiger partial charge in [-0.2, -0.15) is 17.0 Å². The minimum Gasteiger partial charge on any atom is -0.395 e. The maximum Gasteiger partial charge on any atom is 0.240 e. The zero-order valence-corrected chi connectivity index (χ0v) is 12.3. The number of hydrogen-bond acceptors (Lipinski definition) is 5. The third kappa shape index (κ3) is 4.21. The van der Waals surface area contributed by atoms with Crippen LogP contribution in [0.5, 0.6) is 0 Å². The Kier molecular flexibility index (Phi) is 5.82. The third-order valence-corrected chi connectivity index (χ3v) is 5.37. The number of nitriles is 1. The highest BCUT2D eigenvalue weighted by atomic mass is 32.2. The molecule has 0 heterocycles. The first kappa shape index (κ1) is 16.0. The van der Waals surface area contributed by atoms with Crippen molar-refractivity contribution in [3.8, 4) is 6.07 Å². The first-order valence-corrected chi connectivity index (χ1v) is 8.38. The summed E-state index contributed by atoms with van der Waals surface area (Å²) < 4.78 is 26.8. The van der Waals surface area contributed by atoms with Crippen LogP contribution in [-0.4, -0.2) is 37.7 Å². The molecule has 1 aromatic carbocycles. The highest BCUT2D eigenvalue weighted by molar-refractivity contribution is 7.99. The largest absolute Gasteiger partial charge is 0.395 e. The van der Waals surface area contributed by atoms with Gasteiger partial charge in [0.25, 0.3) is 0 Å². The fourth-order valence-electron chi connectivity index (χ4n) is 1.56. The summed E-state index contributed by atoms with van der Waals surface area (Å²) in [5.74, 6) is 0. The van der Waals surface area contributed by atoms with Crippen LogP contribution in [0.3, 0.4) is 0 Å². The van der Waals surface area contributed by atoms with Gasteiger partial charge in [0, 0.05) is 11.3 Å². The second-order valence-electron chi connectivity index (χ2n) is 4.01. The summed E-state index contributed by atoms with van der Waals surface area (Å²) in [5.41, 5.74) is 0.291. The molecule has 0 radical (unpaired) electrons. The summed E-state index contributed by atoms with van der Waals surface area (Å²) in [6.45, 7) is 1.59. The molecule has 7 heteroatoms. The van der Waals surface area contributed by atoms with E-state index in [0.29, 0.717) is 5.56 Å². The van der Waals surface area contributed by atoms with Crippen molar-refractivity contribution in [3.05, 3.63) is 29.8 Å². The molecule has 5 nitrogen and oxygen atoms in total.